The van der Waals surface area contributed by atoms with Crippen LogP contribution in [0.4, 0.5) is 0 Å². The van der Waals surface area contributed by atoms with Crippen molar-refractivity contribution in [2.24, 2.45) is 0 Å². The number of benzene rings is 1. The van der Waals surface area contributed by atoms with Crippen molar-refractivity contribution in [1.29, 1.82) is 0 Å². The van der Waals surface area contributed by atoms with E-state index in [1.54, 1.807) is 11.8 Å². The Kier molecular flexibility index (Phi) is 2.27. The number of carbonyl (C=O) groups is 1. The van der Waals surface area contributed by atoms with Gasteiger partial charge in [0.25, 0.3) is 0 Å². The molecule has 1 aliphatic rings. The van der Waals surface area contributed by atoms with Crippen molar-refractivity contribution >= 4 is 17.7 Å². The van der Waals surface area contributed by atoms with E-state index < -0.39 is 0 Å². The first kappa shape index (κ1) is 8.63. The van der Waals surface area contributed by atoms with Gasteiger partial charge in [0.05, 0.1) is 0 Å². The third-order valence-electron chi connectivity index (χ3n) is 2.09. The minimum Gasteiger partial charge on any atom is -0.351 e. The molecule has 2 nitrogen and oxygen atoms in total. The van der Waals surface area contributed by atoms with E-state index in [2.05, 4.69) is 5.32 Å². The number of rotatable bonds is 2. The number of thioether (sulfide) groups is 1. The highest BCUT2D eigenvalue weighted by molar-refractivity contribution is 8.00. The van der Waals surface area contributed by atoms with Crippen molar-refractivity contribution in [3.8, 4) is 0 Å². The fraction of sp³-hybridized carbons (Fsp3) is 0.300. The maximum Gasteiger partial charge on any atom is 0.235 e. The Balaban J connectivity index is 2.02. The summed E-state index contributed by atoms with van der Waals surface area (Å²) in [5, 5.41) is 2.92. The zero-order chi connectivity index (χ0) is 9.26. The quantitative estimate of drug-likeness (QED) is 0.724. The van der Waals surface area contributed by atoms with E-state index in [9.17, 15) is 4.79 Å². The third-order valence-corrected chi connectivity index (χ3v) is 3.51. The second-order valence-corrected chi connectivity index (χ2v) is 4.36. The monoisotopic (exact) mass is 193 g/mol. The lowest BCUT2D eigenvalue weighted by Gasteiger charge is -2.33. The Morgan fingerprint density at radius 3 is 2.54 bits per heavy atom. The van der Waals surface area contributed by atoms with Crippen molar-refractivity contribution in [3.63, 3.8) is 0 Å². The fourth-order valence-electron chi connectivity index (χ4n) is 1.31. The number of hydrogen-bond donors (Lipinski definition) is 1. The first-order valence-corrected chi connectivity index (χ1v) is 5.17. The van der Waals surface area contributed by atoms with E-state index in [1.807, 2.05) is 37.3 Å². The molecule has 0 aliphatic carbocycles. The topological polar surface area (TPSA) is 29.1 Å². The maximum absolute atomic E-state index is 11.1. The van der Waals surface area contributed by atoms with Crippen LogP contribution in [0.2, 0.25) is 0 Å². The molecule has 0 saturated carbocycles. The van der Waals surface area contributed by atoms with Crippen molar-refractivity contribution in [2.45, 2.75) is 23.1 Å². The van der Waals surface area contributed by atoms with Gasteiger partial charge < -0.3 is 5.32 Å². The highest BCUT2D eigenvalue weighted by Gasteiger charge is 2.36. The fourth-order valence-corrected chi connectivity index (χ4v) is 2.37. The molecule has 0 spiro atoms. The van der Waals surface area contributed by atoms with E-state index in [0.717, 1.165) is 4.90 Å². The van der Waals surface area contributed by atoms with Gasteiger partial charge in [0.15, 0.2) is 0 Å². The predicted octanol–water partition coefficient (Wildman–Crippen LogP) is 1.67. The summed E-state index contributed by atoms with van der Waals surface area (Å²) in [6.07, 6.45) is 0. The minimum atomic E-state index is 0.0994. The summed E-state index contributed by atoms with van der Waals surface area (Å²) in [6, 6.07) is 10.3. The molecule has 13 heavy (non-hydrogen) atoms. The normalized spacial score (nSPS) is 26.4. The van der Waals surface area contributed by atoms with E-state index >= 15 is 0 Å². The molecule has 1 aromatic rings. The van der Waals surface area contributed by atoms with E-state index in [1.165, 1.54) is 0 Å². The summed E-state index contributed by atoms with van der Waals surface area (Å²) >= 11 is 1.63. The Hall–Kier alpha value is -0.960. The van der Waals surface area contributed by atoms with Crippen molar-refractivity contribution in [2.75, 3.05) is 0 Å². The van der Waals surface area contributed by atoms with Crippen LogP contribution in [0.3, 0.4) is 0 Å². The molecule has 1 aromatic carbocycles. The van der Waals surface area contributed by atoms with E-state index in [4.69, 9.17) is 0 Å². The van der Waals surface area contributed by atoms with Crippen LogP contribution >= 0.6 is 11.8 Å². The molecule has 1 aliphatic heterocycles. The Morgan fingerprint density at radius 2 is 2.00 bits per heavy atom. The standard InChI is InChI=1S/C10H11NOS/c1-7-9(10(12)11-7)13-8-5-3-2-4-6-8/h2-7,9H,1H3,(H,11,12)/t7-,9+/m1/s1. The van der Waals surface area contributed by atoms with Crippen LogP contribution in [0.1, 0.15) is 6.92 Å². The van der Waals surface area contributed by atoms with Gasteiger partial charge in [0.1, 0.15) is 5.25 Å². The summed E-state index contributed by atoms with van der Waals surface area (Å²) in [5.74, 6) is 0.154. The molecule has 2 rings (SSSR count). The lowest BCUT2D eigenvalue weighted by Crippen LogP contribution is -2.58. The van der Waals surface area contributed by atoms with Crippen LogP contribution in [0.25, 0.3) is 0 Å². The first-order valence-electron chi connectivity index (χ1n) is 4.29. The van der Waals surface area contributed by atoms with Crippen LogP contribution in [0, 0.1) is 0 Å². The van der Waals surface area contributed by atoms with Gasteiger partial charge in [0.2, 0.25) is 5.91 Å². The first-order chi connectivity index (χ1) is 6.27. The molecular weight excluding hydrogens is 182 g/mol. The lowest BCUT2D eigenvalue weighted by molar-refractivity contribution is -0.126. The summed E-state index contributed by atoms with van der Waals surface area (Å²) in [4.78, 5) is 12.3. The van der Waals surface area contributed by atoms with Crippen LogP contribution in [-0.4, -0.2) is 17.2 Å². The number of carbonyl (C=O) groups excluding carboxylic acids is 1. The molecule has 1 amide bonds. The van der Waals surface area contributed by atoms with Gasteiger partial charge in [-0.2, -0.15) is 0 Å². The van der Waals surface area contributed by atoms with Gasteiger partial charge in [0, 0.05) is 10.9 Å². The van der Waals surface area contributed by atoms with Crippen molar-refractivity contribution in [1.82, 2.24) is 5.32 Å². The van der Waals surface area contributed by atoms with Gasteiger partial charge in [-0.25, -0.2) is 0 Å². The molecule has 1 N–H and O–H groups in total. The van der Waals surface area contributed by atoms with Gasteiger partial charge in [-0.15, -0.1) is 11.8 Å². The summed E-state index contributed by atoms with van der Waals surface area (Å²) in [5.41, 5.74) is 0. The zero-order valence-electron chi connectivity index (χ0n) is 7.36. The average Bonchev–Trinajstić information content (AvgIpc) is 2.16. The zero-order valence-corrected chi connectivity index (χ0v) is 8.17. The van der Waals surface area contributed by atoms with Gasteiger partial charge >= 0.3 is 0 Å². The molecule has 68 valence electrons. The molecule has 0 bridgehead atoms. The number of nitrogens with one attached hydrogen (secondary N) is 1. The van der Waals surface area contributed by atoms with E-state index in [-0.39, 0.29) is 11.2 Å². The molecule has 2 atom stereocenters. The molecule has 0 aromatic heterocycles. The molecule has 0 unspecified atom stereocenters. The molecular formula is C10H11NOS. The summed E-state index contributed by atoms with van der Waals surface area (Å²) < 4.78 is 0. The molecule has 1 saturated heterocycles. The molecule has 3 heteroatoms. The summed E-state index contributed by atoms with van der Waals surface area (Å²) in [6.45, 7) is 2.03. The molecule has 1 heterocycles. The lowest BCUT2D eigenvalue weighted by atomic mass is 10.1. The maximum atomic E-state index is 11.1. The van der Waals surface area contributed by atoms with Crippen molar-refractivity contribution in [3.05, 3.63) is 30.3 Å². The second-order valence-electron chi connectivity index (χ2n) is 3.15. The SMILES string of the molecule is C[C@H]1NC(=O)[C@H]1Sc1ccccc1. The Labute approximate surface area is 81.7 Å². The van der Waals surface area contributed by atoms with Gasteiger partial charge in [-0.05, 0) is 19.1 Å². The second kappa shape index (κ2) is 3.42. The summed E-state index contributed by atoms with van der Waals surface area (Å²) in [7, 11) is 0. The van der Waals surface area contributed by atoms with Crippen LogP contribution in [0.5, 0.6) is 0 Å². The smallest absolute Gasteiger partial charge is 0.235 e. The largest absolute Gasteiger partial charge is 0.351 e. The number of amides is 1. The highest BCUT2D eigenvalue weighted by Crippen LogP contribution is 2.29. The molecule has 0 radical (unpaired) electrons. The van der Waals surface area contributed by atoms with E-state index in [0.29, 0.717) is 6.04 Å². The highest BCUT2D eigenvalue weighted by atomic mass is 32.2. The average molecular weight is 193 g/mol. The number of β-lactam (4-membered cyclic amide) rings is 1. The minimum absolute atomic E-state index is 0.0994. The Bertz CT molecular complexity index is 312. The number of hydrogen-bond acceptors (Lipinski definition) is 2. The van der Waals surface area contributed by atoms with Crippen LogP contribution in [-0.2, 0) is 4.79 Å². The third kappa shape index (κ3) is 1.70. The van der Waals surface area contributed by atoms with Crippen LogP contribution in [0.15, 0.2) is 35.2 Å². The van der Waals surface area contributed by atoms with Crippen LogP contribution < -0.4 is 5.32 Å². The van der Waals surface area contributed by atoms with Crippen molar-refractivity contribution < 1.29 is 4.79 Å². The Morgan fingerprint density at radius 1 is 1.31 bits per heavy atom. The van der Waals surface area contributed by atoms with Gasteiger partial charge in [-0.1, -0.05) is 18.2 Å². The molecule has 1 fully saturated rings. The van der Waals surface area contributed by atoms with Gasteiger partial charge in [-0.3, -0.25) is 4.79 Å². The predicted molar refractivity (Wildman–Crippen MR) is 53.7 cm³/mol.